The standard InChI is InChI=1S/C30H33N7O3/c1-19-10-13-31-24-18-36(14-11-22(19)24)15-12-27-33-29-23-6-5-7-25(39-3)28(23)34-30(37(29)35-27)32-17-20-8-9-21(38-2)16-26(20)40-4/h5-10,13,16H,11-12,14-15,17-18H2,1-4H3,(H,32,34). The lowest BCUT2D eigenvalue weighted by Gasteiger charge is -2.28. The third-order valence-corrected chi connectivity index (χ3v) is 7.54. The van der Waals surface area contributed by atoms with Crippen LogP contribution in [0.3, 0.4) is 0 Å². The summed E-state index contributed by atoms with van der Waals surface area (Å²) in [7, 11) is 4.94. The van der Waals surface area contributed by atoms with Crippen molar-refractivity contribution < 1.29 is 14.2 Å². The van der Waals surface area contributed by atoms with Crippen LogP contribution >= 0.6 is 0 Å². The monoisotopic (exact) mass is 539 g/mol. The summed E-state index contributed by atoms with van der Waals surface area (Å²) in [5.74, 6) is 3.50. The maximum absolute atomic E-state index is 5.63. The molecule has 0 radical (unpaired) electrons. The van der Waals surface area contributed by atoms with E-state index in [2.05, 4.69) is 28.2 Å². The topological polar surface area (TPSA) is 98.9 Å². The molecule has 3 aromatic heterocycles. The Morgan fingerprint density at radius 3 is 2.67 bits per heavy atom. The van der Waals surface area contributed by atoms with E-state index in [9.17, 15) is 0 Å². The number of pyridine rings is 1. The zero-order chi connectivity index (χ0) is 27.6. The van der Waals surface area contributed by atoms with Crippen molar-refractivity contribution in [1.29, 1.82) is 0 Å². The van der Waals surface area contributed by atoms with Gasteiger partial charge in [-0.1, -0.05) is 6.07 Å². The molecule has 0 fully saturated rings. The van der Waals surface area contributed by atoms with Crippen molar-refractivity contribution in [2.24, 2.45) is 0 Å². The number of hydrogen-bond acceptors (Lipinski definition) is 9. The molecular formula is C30H33N7O3. The van der Waals surface area contributed by atoms with E-state index >= 15 is 0 Å². The van der Waals surface area contributed by atoms with Crippen LogP contribution in [-0.2, 0) is 25.9 Å². The molecule has 10 heteroatoms. The van der Waals surface area contributed by atoms with Gasteiger partial charge in [0.25, 0.3) is 0 Å². The van der Waals surface area contributed by atoms with Gasteiger partial charge in [-0.2, -0.15) is 4.52 Å². The first kappa shape index (κ1) is 25.8. The van der Waals surface area contributed by atoms with Gasteiger partial charge in [0.2, 0.25) is 5.95 Å². The van der Waals surface area contributed by atoms with Crippen molar-refractivity contribution in [2.75, 3.05) is 39.7 Å². The number of nitrogens with zero attached hydrogens (tertiary/aromatic N) is 6. The first-order valence-electron chi connectivity index (χ1n) is 13.4. The molecule has 0 atom stereocenters. The molecule has 0 spiro atoms. The van der Waals surface area contributed by atoms with Crippen molar-refractivity contribution in [1.82, 2.24) is 29.5 Å². The number of fused-ring (bicyclic) bond motifs is 4. The first-order valence-corrected chi connectivity index (χ1v) is 13.4. The molecule has 0 saturated heterocycles. The second kappa shape index (κ2) is 11.0. The quantitative estimate of drug-likeness (QED) is 0.295. The van der Waals surface area contributed by atoms with Gasteiger partial charge in [-0.25, -0.2) is 9.97 Å². The maximum atomic E-state index is 5.63. The van der Waals surface area contributed by atoms with Crippen molar-refractivity contribution in [3.05, 3.63) is 76.9 Å². The summed E-state index contributed by atoms with van der Waals surface area (Å²) in [5.41, 5.74) is 6.33. The van der Waals surface area contributed by atoms with Crippen LogP contribution in [-0.4, -0.2) is 63.9 Å². The summed E-state index contributed by atoms with van der Waals surface area (Å²) in [6, 6.07) is 13.7. The number of aryl methyl sites for hydroxylation is 1. The van der Waals surface area contributed by atoms with Crippen LogP contribution < -0.4 is 19.5 Å². The molecule has 0 bridgehead atoms. The van der Waals surface area contributed by atoms with Gasteiger partial charge in [0.15, 0.2) is 11.5 Å². The third-order valence-electron chi connectivity index (χ3n) is 7.54. The Balaban J connectivity index is 1.29. The van der Waals surface area contributed by atoms with Crippen LogP contribution in [0, 0.1) is 6.92 Å². The number of aromatic nitrogens is 5. The van der Waals surface area contributed by atoms with Gasteiger partial charge in [-0.3, -0.25) is 9.88 Å². The minimum Gasteiger partial charge on any atom is -0.497 e. The largest absolute Gasteiger partial charge is 0.497 e. The van der Waals surface area contributed by atoms with Gasteiger partial charge < -0.3 is 19.5 Å². The second-order valence-electron chi connectivity index (χ2n) is 9.92. The Labute approximate surface area is 232 Å². The second-order valence-corrected chi connectivity index (χ2v) is 9.92. The molecule has 5 aromatic rings. The maximum Gasteiger partial charge on any atom is 0.226 e. The van der Waals surface area contributed by atoms with Gasteiger partial charge in [0.1, 0.15) is 22.8 Å². The zero-order valence-electron chi connectivity index (χ0n) is 23.3. The lowest BCUT2D eigenvalue weighted by atomic mass is 10.0. The van der Waals surface area contributed by atoms with E-state index in [0.29, 0.717) is 18.2 Å². The van der Waals surface area contributed by atoms with Gasteiger partial charge in [-0.05, 0) is 54.8 Å². The molecule has 1 aliphatic heterocycles. The number of ether oxygens (including phenoxy) is 3. The summed E-state index contributed by atoms with van der Waals surface area (Å²) >= 11 is 0. The van der Waals surface area contributed by atoms with Crippen LogP contribution in [0.15, 0.2) is 48.7 Å². The number of methoxy groups -OCH3 is 3. The molecule has 2 aromatic carbocycles. The van der Waals surface area contributed by atoms with Gasteiger partial charge in [0.05, 0.1) is 27.0 Å². The van der Waals surface area contributed by atoms with Crippen LogP contribution in [0.4, 0.5) is 5.95 Å². The van der Waals surface area contributed by atoms with E-state index < -0.39 is 0 Å². The fraction of sp³-hybridized carbons (Fsp3) is 0.333. The lowest BCUT2D eigenvalue weighted by Crippen LogP contribution is -2.33. The molecule has 0 amide bonds. The molecule has 1 N–H and O–H groups in total. The zero-order valence-corrected chi connectivity index (χ0v) is 23.3. The number of hydrogen-bond donors (Lipinski definition) is 1. The van der Waals surface area contributed by atoms with E-state index in [4.69, 9.17) is 29.3 Å². The van der Waals surface area contributed by atoms with Crippen LogP contribution in [0.25, 0.3) is 16.6 Å². The van der Waals surface area contributed by atoms with E-state index in [-0.39, 0.29) is 0 Å². The molecule has 0 unspecified atom stereocenters. The van der Waals surface area contributed by atoms with Crippen molar-refractivity contribution in [2.45, 2.75) is 32.9 Å². The number of nitrogens with one attached hydrogen (secondary N) is 1. The number of anilines is 1. The van der Waals surface area contributed by atoms with E-state index in [1.54, 1.807) is 25.8 Å². The van der Waals surface area contributed by atoms with Crippen molar-refractivity contribution in [3.8, 4) is 17.2 Å². The Morgan fingerprint density at radius 2 is 1.85 bits per heavy atom. The number of benzene rings is 2. The highest BCUT2D eigenvalue weighted by atomic mass is 16.5. The Kier molecular flexibility index (Phi) is 7.08. The summed E-state index contributed by atoms with van der Waals surface area (Å²) in [6.07, 6.45) is 3.65. The predicted octanol–water partition coefficient (Wildman–Crippen LogP) is 4.22. The summed E-state index contributed by atoms with van der Waals surface area (Å²) in [4.78, 5) is 16.9. The smallest absolute Gasteiger partial charge is 0.226 e. The van der Waals surface area contributed by atoms with E-state index in [1.165, 1.54) is 16.8 Å². The highest BCUT2D eigenvalue weighted by Crippen LogP contribution is 2.30. The molecule has 0 aliphatic carbocycles. The molecule has 0 saturated carbocycles. The van der Waals surface area contributed by atoms with Gasteiger partial charge in [-0.15, -0.1) is 5.10 Å². The van der Waals surface area contributed by atoms with E-state index in [0.717, 1.165) is 71.9 Å². The SMILES string of the molecule is COc1ccc(CNc2nc3c(OC)cccc3c3nc(CCN4CCc5c(C)ccnc5C4)nn23)c(OC)c1. The minimum absolute atomic E-state index is 0.477. The number of rotatable bonds is 9. The molecular weight excluding hydrogens is 506 g/mol. The number of para-hydroxylation sites is 1. The summed E-state index contributed by atoms with van der Waals surface area (Å²) in [5, 5.41) is 9.22. The lowest BCUT2D eigenvalue weighted by molar-refractivity contribution is 0.251. The highest BCUT2D eigenvalue weighted by Gasteiger charge is 2.20. The third kappa shape index (κ3) is 4.86. The summed E-state index contributed by atoms with van der Waals surface area (Å²) in [6.45, 7) is 5.35. The van der Waals surface area contributed by atoms with Gasteiger partial charge >= 0.3 is 0 Å². The average Bonchev–Trinajstić information content (AvgIpc) is 3.43. The highest BCUT2D eigenvalue weighted by molar-refractivity contribution is 5.95. The molecule has 4 heterocycles. The first-order chi connectivity index (χ1) is 19.6. The Bertz CT molecular complexity index is 1680. The average molecular weight is 540 g/mol. The summed E-state index contributed by atoms with van der Waals surface area (Å²) < 4.78 is 18.4. The molecule has 40 heavy (non-hydrogen) atoms. The molecule has 10 nitrogen and oxygen atoms in total. The Hall–Kier alpha value is -4.44. The minimum atomic E-state index is 0.477. The fourth-order valence-electron chi connectivity index (χ4n) is 5.34. The normalized spacial score (nSPS) is 13.4. The molecule has 1 aliphatic rings. The van der Waals surface area contributed by atoms with Crippen LogP contribution in [0.1, 0.15) is 28.2 Å². The molecule has 206 valence electrons. The van der Waals surface area contributed by atoms with Crippen LogP contribution in [0.5, 0.6) is 17.2 Å². The van der Waals surface area contributed by atoms with Crippen molar-refractivity contribution >= 4 is 22.5 Å². The van der Waals surface area contributed by atoms with Gasteiger partial charge in [0, 0.05) is 55.8 Å². The fourth-order valence-corrected chi connectivity index (χ4v) is 5.34. The molecule has 6 rings (SSSR count). The predicted molar refractivity (Wildman–Crippen MR) is 153 cm³/mol. The van der Waals surface area contributed by atoms with Crippen molar-refractivity contribution in [3.63, 3.8) is 0 Å². The Morgan fingerprint density at radius 1 is 0.975 bits per heavy atom. The van der Waals surface area contributed by atoms with E-state index in [1.807, 2.05) is 42.6 Å². The van der Waals surface area contributed by atoms with Crippen LogP contribution in [0.2, 0.25) is 0 Å².